The van der Waals surface area contributed by atoms with Gasteiger partial charge in [0.1, 0.15) is 11.4 Å². The van der Waals surface area contributed by atoms with E-state index in [1.54, 1.807) is 24.4 Å². The Morgan fingerprint density at radius 1 is 1.14 bits per heavy atom. The molecule has 0 radical (unpaired) electrons. The number of benzene rings is 1. The lowest BCUT2D eigenvalue weighted by molar-refractivity contribution is 0.413. The highest BCUT2D eigenvalue weighted by Crippen LogP contribution is 2.30. The van der Waals surface area contributed by atoms with Crippen molar-refractivity contribution in [3.63, 3.8) is 0 Å². The van der Waals surface area contributed by atoms with E-state index in [2.05, 4.69) is 9.71 Å². The summed E-state index contributed by atoms with van der Waals surface area (Å²) in [6.45, 7) is 0.730. The summed E-state index contributed by atoms with van der Waals surface area (Å²) in [4.78, 5) is 4.64. The average molecular weight is 413 g/mol. The Labute approximate surface area is 170 Å². The van der Waals surface area contributed by atoms with Crippen LogP contribution in [0.4, 0.5) is 0 Å². The number of pyridine rings is 1. The van der Waals surface area contributed by atoms with E-state index < -0.39 is 10.0 Å². The van der Waals surface area contributed by atoms with Gasteiger partial charge >= 0.3 is 0 Å². The van der Waals surface area contributed by atoms with Crippen molar-refractivity contribution in [2.24, 2.45) is 0 Å². The third kappa shape index (κ3) is 4.18. The number of nitrogens with zero attached hydrogens (tertiary/aromatic N) is 3. The fraction of sp³-hybridized carbons (Fsp3) is 0.333. The summed E-state index contributed by atoms with van der Waals surface area (Å²) < 4.78 is 34.9. The second-order valence-corrected chi connectivity index (χ2v) is 8.76. The van der Waals surface area contributed by atoms with Crippen molar-refractivity contribution in [1.82, 2.24) is 19.5 Å². The minimum Gasteiger partial charge on any atom is -0.497 e. The lowest BCUT2D eigenvalue weighted by atomic mass is 9.95. The van der Waals surface area contributed by atoms with Gasteiger partial charge < -0.3 is 4.74 Å². The normalized spacial score (nSPS) is 13.8. The molecule has 2 aromatic heterocycles. The van der Waals surface area contributed by atoms with E-state index in [0.29, 0.717) is 12.3 Å². The van der Waals surface area contributed by atoms with E-state index in [1.165, 1.54) is 24.4 Å². The van der Waals surface area contributed by atoms with Gasteiger partial charge in [0.2, 0.25) is 10.0 Å². The number of rotatable bonds is 7. The highest BCUT2D eigenvalue weighted by molar-refractivity contribution is 7.89. The summed E-state index contributed by atoms with van der Waals surface area (Å²) in [5.41, 5.74) is 4.21. The number of hydrogen-bond donors (Lipinski definition) is 1. The SMILES string of the molecule is COc1cccc(S(=O)(=O)NCCn2nc(-c3ccccn3)c3c2CCCC3)c1. The summed E-state index contributed by atoms with van der Waals surface area (Å²) in [6.07, 6.45) is 5.97. The van der Waals surface area contributed by atoms with Gasteiger partial charge in [-0.05, 0) is 49.9 Å². The Balaban J connectivity index is 1.52. The molecule has 1 N–H and O–H groups in total. The van der Waals surface area contributed by atoms with Crippen LogP contribution in [-0.4, -0.2) is 36.8 Å². The van der Waals surface area contributed by atoms with Gasteiger partial charge in [-0.2, -0.15) is 5.10 Å². The average Bonchev–Trinajstić information content (AvgIpc) is 3.13. The molecule has 1 aliphatic rings. The van der Waals surface area contributed by atoms with Crippen molar-refractivity contribution in [2.45, 2.75) is 37.1 Å². The largest absolute Gasteiger partial charge is 0.497 e. The number of nitrogens with one attached hydrogen (secondary N) is 1. The number of sulfonamides is 1. The third-order valence-corrected chi connectivity index (χ3v) is 6.59. The zero-order chi connectivity index (χ0) is 20.3. The molecule has 3 aromatic rings. The summed E-state index contributed by atoms with van der Waals surface area (Å²) in [5, 5.41) is 4.78. The fourth-order valence-electron chi connectivity index (χ4n) is 3.70. The van der Waals surface area contributed by atoms with Gasteiger partial charge in [0.05, 0.1) is 24.2 Å². The smallest absolute Gasteiger partial charge is 0.240 e. The van der Waals surface area contributed by atoms with Crippen molar-refractivity contribution >= 4 is 10.0 Å². The first-order valence-electron chi connectivity index (χ1n) is 9.72. The van der Waals surface area contributed by atoms with Crippen LogP contribution >= 0.6 is 0 Å². The number of ether oxygens (including phenoxy) is 1. The number of hydrogen-bond acceptors (Lipinski definition) is 5. The van der Waals surface area contributed by atoms with Gasteiger partial charge in [-0.3, -0.25) is 9.67 Å². The molecule has 1 aromatic carbocycles. The molecule has 0 aliphatic heterocycles. The maximum absolute atomic E-state index is 12.6. The highest BCUT2D eigenvalue weighted by atomic mass is 32.2. The first kappa shape index (κ1) is 19.6. The molecule has 29 heavy (non-hydrogen) atoms. The maximum Gasteiger partial charge on any atom is 0.240 e. The van der Waals surface area contributed by atoms with Crippen LogP contribution in [0.25, 0.3) is 11.4 Å². The van der Waals surface area contributed by atoms with Crippen LogP contribution in [0.5, 0.6) is 5.75 Å². The molecule has 4 rings (SSSR count). The molecule has 1 aliphatic carbocycles. The van der Waals surface area contributed by atoms with Crippen LogP contribution in [-0.2, 0) is 29.4 Å². The minimum absolute atomic E-state index is 0.188. The van der Waals surface area contributed by atoms with E-state index in [0.717, 1.165) is 37.1 Å². The van der Waals surface area contributed by atoms with Crippen LogP contribution in [0, 0.1) is 0 Å². The molecular weight excluding hydrogens is 388 g/mol. The van der Waals surface area contributed by atoms with Gasteiger partial charge in [0.15, 0.2) is 0 Å². The third-order valence-electron chi connectivity index (χ3n) is 5.13. The molecule has 0 spiro atoms. The molecule has 152 valence electrons. The Morgan fingerprint density at radius 3 is 2.79 bits per heavy atom. The Morgan fingerprint density at radius 2 is 2.00 bits per heavy atom. The van der Waals surface area contributed by atoms with Gasteiger partial charge in [-0.25, -0.2) is 13.1 Å². The summed E-state index contributed by atoms with van der Waals surface area (Å²) in [7, 11) is -2.10. The van der Waals surface area contributed by atoms with E-state index >= 15 is 0 Å². The predicted molar refractivity (Wildman–Crippen MR) is 110 cm³/mol. The number of aromatic nitrogens is 3. The Hall–Kier alpha value is -2.71. The second-order valence-electron chi connectivity index (χ2n) is 7.00. The molecular formula is C21H24N4O3S. The quantitative estimate of drug-likeness (QED) is 0.645. The molecule has 0 saturated carbocycles. The van der Waals surface area contributed by atoms with Crippen LogP contribution in [0.3, 0.4) is 0 Å². The van der Waals surface area contributed by atoms with Crippen LogP contribution in [0.1, 0.15) is 24.1 Å². The minimum atomic E-state index is -3.61. The molecule has 0 bridgehead atoms. The van der Waals surface area contributed by atoms with Crippen molar-refractivity contribution in [3.8, 4) is 17.1 Å². The van der Waals surface area contributed by atoms with Crippen molar-refractivity contribution in [1.29, 1.82) is 0 Å². The zero-order valence-corrected chi connectivity index (χ0v) is 17.2. The van der Waals surface area contributed by atoms with Gasteiger partial charge in [0, 0.05) is 30.1 Å². The molecule has 8 heteroatoms. The molecule has 2 heterocycles. The van der Waals surface area contributed by atoms with E-state index in [9.17, 15) is 8.42 Å². The maximum atomic E-state index is 12.6. The van der Waals surface area contributed by atoms with Gasteiger partial charge in [-0.1, -0.05) is 12.1 Å². The summed E-state index contributed by atoms with van der Waals surface area (Å²) in [5.74, 6) is 0.508. The van der Waals surface area contributed by atoms with Gasteiger partial charge in [-0.15, -0.1) is 0 Å². The van der Waals surface area contributed by atoms with Crippen LogP contribution in [0.15, 0.2) is 53.6 Å². The van der Waals surface area contributed by atoms with Crippen LogP contribution in [0.2, 0.25) is 0 Å². The molecule has 7 nitrogen and oxygen atoms in total. The molecule has 0 fully saturated rings. The fourth-order valence-corrected chi connectivity index (χ4v) is 4.76. The van der Waals surface area contributed by atoms with Crippen molar-refractivity contribution in [3.05, 3.63) is 59.9 Å². The molecule has 0 amide bonds. The lowest BCUT2D eigenvalue weighted by Gasteiger charge is -2.14. The molecule has 0 atom stereocenters. The van der Waals surface area contributed by atoms with Gasteiger partial charge in [0.25, 0.3) is 0 Å². The number of methoxy groups -OCH3 is 1. The predicted octanol–water partition coefficient (Wildman–Crippen LogP) is 2.81. The second kappa shape index (κ2) is 8.34. The molecule has 0 saturated heterocycles. The van der Waals surface area contributed by atoms with Crippen molar-refractivity contribution < 1.29 is 13.2 Å². The zero-order valence-electron chi connectivity index (χ0n) is 16.3. The number of fused-ring (bicyclic) bond motifs is 1. The van der Waals surface area contributed by atoms with Crippen molar-refractivity contribution in [2.75, 3.05) is 13.7 Å². The highest BCUT2D eigenvalue weighted by Gasteiger charge is 2.22. The monoisotopic (exact) mass is 412 g/mol. The summed E-state index contributed by atoms with van der Waals surface area (Å²) >= 11 is 0. The van der Waals surface area contributed by atoms with Crippen LogP contribution < -0.4 is 9.46 Å². The topological polar surface area (TPSA) is 86.1 Å². The Bertz CT molecular complexity index is 1090. The van der Waals surface area contributed by atoms with E-state index in [1.807, 2.05) is 22.9 Å². The first-order chi connectivity index (χ1) is 14.1. The van der Waals surface area contributed by atoms with E-state index in [4.69, 9.17) is 9.84 Å². The summed E-state index contributed by atoms with van der Waals surface area (Å²) in [6, 6.07) is 12.3. The Kier molecular flexibility index (Phi) is 5.64. The van der Waals surface area contributed by atoms with E-state index in [-0.39, 0.29) is 11.4 Å². The molecule has 0 unspecified atom stereocenters. The standard InChI is InChI=1S/C21H24N4O3S/c1-28-16-7-6-8-17(15-16)29(26,27)23-13-14-25-20-11-3-2-9-18(20)21(24-25)19-10-4-5-12-22-19/h4-8,10,12,15,23H,2-3,9,11,13-14H2,1H3. The first-order valence-corrected chi connectivity index (χ1v) is 11.2. The lowest BCUT2D eigenvalue weighted by Crippen LogP contribution is -2.28.